The van der Waals surface area contributed by atoms with Gasteiger partial charge in [0.2, 0.25) is 5.90 Å². The number of aliphatic imine (C=N–C) groups is 2. The Morgan fingerprint density at radius 2 is 1.93 bits per heavy atom. The zero-order valence-electron chi connectivity index (χ0n) is 17.4. The van der Waals surface area contributed by atoms with Crippen LogP contribution in [0.5, 0.6) is 0 Å². The molecule has 0 radical (unpaired) electrons. The first-order valence-corrected chi connectivity index (χ1v) is 10.7. The zero-order valence-corrected chi connectivity index (χ0v) is 19.0. The van der Waals surface area contributed by atoms with Gasteiger partial charge in [0.25, 0.3) is 0 Å². The Bertz CT molecular complexity index is 617. The molecule has 0 heterocycles. The monoisotopic (exact) mass is 452 g/mol. The molecule has 0 unspecified atom stereocenters. The van der Waals surface area contributed by atoms with Crippen LogP contribution in [0.1, 0.15) is 32.3 Å². The lowest BCUT2D eigenvalue weighted by Crippen LogP contribution is -2.22. The highest BCUT2D eigenvalue weighted by Crippen LogP contribution is 2.15. The minimum atomic E-state index is -0.00207. The number of ether oxygens (including phenoxy) is 3. The lowest BCUT2D eigenvalue weighted by atomic mass is 10.1. The summed E-state index contributed by atoms with van der Waals surface area (Å²) >= 11 is 3.51. The van der Waals surface area contributed by atoms with Crippen molar-refractivity contribution in [2.45, 2.75) is 45.4 Å². The minimum Gasteiger partial charge on any atom is -0.480 e. The Morgan fingerprint density at radius 3 is 2.46 bits per heavy atom. The molecule has 0 N–H and O–H groups in total. The second-order valence-corrected chi connectivity index (χ2v) is 7.58. The number of nitrogens with zero attached hydrogens (tertiary/aromatic N) is 2. The summed E-state index contributed by atoms with van der Waals surface area (Å²) in [6, 6.07) is 10.2. The Kier molecular flexibility index (Phi) is 12.7. The topological polar surface area (TPSA) is 52.4 Å². The number of benzene rings is 1. The maximum absolute atomic E-state index is 6.10. The Hall–Kier alpha value is -1.50. The van der Waals surface area contributed by atoms with Gasteiger partial charge in [-0.3, -0.25) is 4.99 Å². The number of alkyl halides is 1. The molecule has 0 spiro atoms. The van der Waals surface area contributed by atoms with E-state index in [1.165, 1.54) is 0 Å². The van der Waals surface area contributed by atoms with Crippen LogP contribution in [0.15, 0.2) is 52.1 Å². The van der Waals surface area contributed by atoms with E-state index >= 15 is 0 Å². The molecule has 1 aromatic carbocycles. The maximum Gasteiger partial charge on any atom is 0.235 e. The van der Waals surface area contributed by atoms with Crippen LogP contribution in [0.2, 0.25) is 0 Å². The third-order valence-corrected chi connectivity index (χ3v) is 4.76. The fourth-order valence-corrected chi connectivity index (χ4v) is 3.08. The predicted octanol–water partition coefficient (Wildman–Crippen LogP) is 5.05. The van der Waals surface area contributed by atoms with Crippen molar-refractivity contribution in [3.63, 3.8) is 0 Å². The van der Waals surface area contributed by atoms with Crippen LogP contribution >= 0.6 is 15.9 Å². The van der Waals surface area contributed by atoms with Gasteiger partial charge in [-0.05, 0) is 31.0 Å². The van der Waals surface area contributed by atoms with Crippen LogP contribution in [0, 0.1) is 5.92 Å². The third-order valence-electron chi connectivity index (χ3n) is 4.31. The van der Waals surface area contributed by atoms with E-state index in [2.05, 4.69) is 58.6 Å². The van der Waals surface area contributed by atoms with Crippen molar-refractivity contribution in [3.05, 3.63) is 47.7 Å². The van der Waals surface area contributed by atoms with Gasteiger partial charge < -0.3 is 14.2 Å². The van der Waals surface area contributed by atoms with Crippen LogP contribution in [0.3, 0.4) is 0 Å². The Balaban J connectivity index is 2.85. The second-order valence-electron chi connectivity index (χ2n) is 6.78. The molecule has 0 bridgehead atoms. The average molecular weight is 453 g/mol. The molecule has 0 saturated heterocycles. The van der Waals surface area contributed by atoms with Crippen molar-refractivity contribution in [2.75, 3.05) is 26.2 Å². The second kappa shape index (κ2) is 14.5. The summed E-state index contributed by atoms with van der Waals surface area (Å²) in [5, 5.41) is 0.867. The van der Waals surface area contributed by atoms with Crippen LogP contribution in [-0.4, -0.2) is 50.9 Å². The fraction of sp³-hybridized carbons (Fsp3) is 0.545. The molecule has 2 atom stereocenters. The van der Waals surface area contributed by atoms with E-state index < -0.39 is 0 Å². The van der Waals surface area contributed by atoms with Crippen molar-refractivity contribution in [1.29, 1.82) is 0 Å². The van der Waals surface area contributed by atoms with E-state index in [0.29, 0.717) is 37.1 Å². The molecule has 0 saturated carbocycles. The predicted molar refractivity (Wildman–Crippen MR) is 121 cm³/mol. The van der Waals surface area contributed by atoms with E-state index in [9.17, 15) is 0 Å². The molecule has 28 heavy (non-hydrogen) atoms. The quantitative estimate of drug-likeness (QED) is 0.239. The SMILES string of the molecule is C=NC(=C\C[C@H](CCBr)OCc1ccccc1)/C(=N\[C@@H](COC)C(C)C)OC. The van der Waals surface area contributed by atoms with Crippen LogP contribution in [-0.2, 0) is 20.8 Å². The molecule has 5 nitrogen and oxygen atoms in total. The van der Waals surface area contributed by atoms with E-state index in [1.54, 1.807) is 14.2 Å². The van der Waals surface area contributed by atoms with Crippen LogP contribution in [0.25, 0.3) is 0 Å². The molecule has 156 valence electrons. The molecule has 1 rings (SSSR count). The molecule has 0 amide bonds. The molecule has 0 aliphatic carbocycles. The highest BCUT2D eigenvalue weighted by atomic mass is 79.9. The number of methoxy groups -OCH3 is 2. The van der Waals surface area contributed by atoms with Crippen molar-refractivity contribution in [1.82, 2.24) is 0 Å². The molecule has 0 fully saturated rings. The van der Waals surface area contributed by atoms with Crippen molar-refractivity contribution >= 4 is 28.5 Å². The van der Waals surface area contributed by atoms with E-state index in [4.69, 9.17) is 14.2 Å². The number of halogens is 1. The smallest absolute Gasteiger partial charge is 0.235 e. The Morgan fingerprint density at radius 1 is 1.21 bits per heavy atom. The molecule has 0 aliphatic heterocycles. The third kappa shape index (κ3) is 9.13. The fourth-order valence-electron chi connectivity index (χ4n) is 2.57. The normalized spacial score (nSPS) is 14.8. The maximum atomic E-state index is 6.10. The number of hydrogen-bond donors (Lipinski definition) is 0. The molecule has 0 aliphatic rings. The largest absolute Gasteiger partial charge is 0.480 e. The first-order valence-electron chi connectivity index (χ1n) is 9.55. The van der Waals surface area contributed by atoms with Crippen molar-refractivity contribution in [2.24, 2.45) is 15.9 Å². The summed E-state index contributed by atoms with van der Waals surface area (Å²) in [4.78, 5) is 8.82. The van der Waals surface area contributed by atoms with E-state index in [0.717, 1.165) is 17.3 Å². The standard InChI is InChI=1S/C22H33BrN2O3/c1-17(2)21(16-26-4)25-22(27-5)20(24-3)12-11-19(13-14-23)28-15-18-9-7-6-8-10-18/h6-10,12,17,19,21H,3,11,13-16H2,1-2,4-5H3/b20-12-,25-22+/t19-,21+/m1/s1. The minimum absolute atomic E-state index is 0.00207. The van der Waals surface area contributed by atoms with Crippen molar-refractivity contribution < 1.29 is 14.2 Å². The van der Waals surface area contributed by atoms with Gasteiger partial charge >= 0.3 is 0 Å². The first kappa shape index (κ1) is 24.5. The summed E-state index contributed by atoms with van der Waals surface area (Å²) in [5.74, 6) is 0.804. The summed E-state index contributed by atoms with van der Waals surface area (Å²) in [6.07, 6.45) is 3.64. The van der Waals surface area contributed by atoms with Crippen LogP contribution in [0.4, 0.5) is 0 Å². The zero-order chi connectivity index (χ0) is 20.8. The summed E-state index contributed by atoms with van der Waals surface area (Å²) in [5.41, 5.74) is 1.79. The Labute approximate surface area is 178 Å². The number of hydrogen-bond acceptors (Lipinski definition) is 5. The van der Waals surface area contributed by atoms with Gasteiger partial charge in [-0.1, -0.05) is 66.2 Å². The highest BCUT2D eigenvalue weighted by molar-refractivity contribution is 9.09. The van der Waals surface area contributed by atoms with Gasteiger partial charge in [-0.25, -0.2) is 4.99 Å². The summed E-state index contributed by atoms with van der Waals surface area (Å²) < 4.78 is 16.9. The number of rotatable bonds is 13. The molecule has 6 heteroatoms. The molecular weight excluding hydrogens is 420 g/mol. The molecular formula is C22H33BrN2O3. The summed E-state index contributed by atoms with van der Waals surface area (Å²) in [7, 11) is 3.28. The van der Waals surface area contributed by atoms with Gasteiger partial charge in [0.05, 0.1) is 32.5 Å². The highest BCUT2D eigenvalue weighted by Gasteiger charge is 2.16. The molecule has 0 aromatic heterocycles. The molecule has 1 aromatic rings. The van der Waals surface area contributed by atoms with Gasteiger partial charge in [-0.15, -0.1) is 0 Å². The first-order chi connectivity index (χ1) is 13.5. The average Bonchev–Trinajstić information content (AvgIpc) is 2.71. The van der Waals surface area contributed by atoms with Gasteiger partial charge in [0.1, 0.15) is 5.70 Å². The lowest BCUT2D eigenvalue weighted by Gasteiger charge is -2.18. The van der Waals surface area contributed by atoms with Gasteiger partial charge in [-0.2, -0.15) is 0 Å². The van der Waals surface area contributed by atoms with Gasteiger partial charge in [0.15, 0.2) is 0 Å². The van der Waals surface area contributed by atoms with Gasteiger partial charge in [0, 0.05) is 12.4 Å². The van der Waals surface area contributed by atoms with E-state index in [1.807, 2.05) is 24.3 Å². The summed E-state index contributed by atoms with van der Waals surface area (Å²) in [6.45, 7) is 9.01. The van der Waals surface area contributed by atoms with Crippen LogP contribution < -0.4 is 0 Å². The van der Waals surface area contributed by atoms with E-state index in [-0.39, 0.29) is 12.1 Å². The van der Waals surface area contributed by atoms with Crippen molar-refractivity contribution in [3.8, 4) is 0 Å². The lowest BCUT2D eigenvalue weighted by molar-refractivity contribution is 0.0411.